The molecule has 2 heterocycles. The first kappa shape index (κ1) is 14.4. The van der Waals surface area contributed by atoms with Crippen molar-refractivity contribution >= 4 is 27.7 Å². The van der Waals surface area contributed by atoms with Gasteiger partial charge in [0.1, 0.15) is 5.82 Å². The summed E-state index contributed by atoms with van der Waals surface area (Å²) in [6.07, 6.45) is 2.18. The van der Waals surface area contributed by atoms with Gasteiger partial charge in [0.2, 0.25) is 5.91 Å². The number of pyridine rings is 1. The largest absolute Gasteiger partial charge is 0.311 e. The molecule has 1 aromatic heterocycles. The molecule has 1 aliphatic heterocycles. The molecule has 0 atom stereocenters. The molecular formula is C13H19BrN4O. The SMILES string of the molecule is CN1CCN(CCC(=O)Nc2cc(Br)ccn2)CC1. The fraction of sp³-hybridized carbons (Fsp3) is 0.538. The van der Waals surface area contributed by atoms with Crippen LogP contribution in [0.3, 0.4) is 0 Å². The monoisotopic (exact) mass is 326 g/mol. The summed E-state index contributed by atoms with van der Waals surface area (Å²) in [6, 6.07) is 3.63. The summed E-state index contributed by atoms with van der Waals surface area (Å²) in [4.78, 5) is 20.6. The topological polar surface area (TPSA) is 48.5 Å². The number of aromatic nitrogens is 1. The van der Waals surface area contributed by atoms with Crippen molar-refractivity contribution in [2.24, 2.45) is 0 Å². The smallest absolute Gasteiger partial charge is 0.226 e. The maximum absolute atomic E-state index is 11.8. The summed E-state index contributed by atoms with van der Waals surface area (Å²) in [7, 11) is 2.13. The van der Waals surface area contributed by atoms with Crippen molar-refractivity contribution in [3.8, 4) is 0 Å². The van der Waals surface area contributed by atoms with Gasteiger partial charge in [0.05, 0.1) is 0 Å². The Kier molecular flexibility index (Phi) is 5.30. The molecule has 0 aliphatic carbocycles. The normalized spacial score (nSPS) is 17.4. The molecule has 1 aromatic rings. The van der Waals surface area contributed by atoms with Crippen LogP contribution in [0.15, 0.2) is 22.8 Å². The van der Waals surface area contributed by atoms with Crippen LogP contribution in [0.25, 0.3) is 0 Å². The number of piperazine rings is 1. The highest BCUT2D eigenvalue weighted by molar-refractivity contribution is 9.10. The number of carbonyl (C=O) groups is 1. The molecule has 5 nitrogen and oxygen atoms in total. The number of hydrogen-bond donors (Lipinski definition) is 1. The highest BCUT2D eigenvalue weighted by Crippen LogP contribution is 2.12. The van der Waals surface area contributed by atoms with E-state index in [0.717, 1.165) is 37.2 Å². The van der Waals surface area contributed by atoms with Crippen LogP contribution < -0.4 is 5.32 Å². The van der Waals surface area contributed by atoms with E-state index in [9.17, 15) is 4.79 Å². The third-order valence-corrected chi connectivity index (χ3v) is 3.73. The fourth-order valence-corrected chi connectivity index (χ4v) is 2.34. The summed E-state index contributed by atoms with van der Waals surface area (Å²) in [5.74, 6) is 0.613. The molecule has 1 amide bonds. The molecule has 0 saturated carbocycles. The lowest BCUT2D eigenvalue weighted by Crippen LogP contribution is -2.45. The van der Waals surface area contributed by atoms with E-state index in [1.165, 1.54) is 0 Å². The second-order valence-electron chi connectivity index (χ2n) is 4.80. The average Bonchev–Trinajstić information content (AvgIpc) is 2.38. The number of likely N-dealkylation sites (N-methyl/N-ethyl adjacent to an activating group) is 1. The third-order valence-electron chi connectivity index (χ3n) is 3.24. The van der Waals surface area contributed by atoms with Crippen molar-refractivity contribution in [1.29, 1.82) is 0 Å². The second kappa shape index (κ2) is 6.98. The molecule has 1 fully saturated rings. The molecule has 0 unspecified atom stereocenters. The highest BCUT2D eigenvalue weighted by Gasteiger charge is 2.14. The second-order valence-corrected chi connectivity index (χ2v) is 5.72. The Morgan fingerprint density at radius 2 is 2.16 bits per heavy atom. The zero-order valence-electron chi connectivity index (χ0n) is 11.1. The van der Waals surface area contributed by atoms with E-state index in [0.29, 0.717) is 12.2 Å². The van der Waals surface area contributed by atoms with E-state index in [-0.39, 0.29) is 5.91 Å². The van der Waals surface area contributed by atoms with Gasteiger partial charge in [-0.05, 0) is 19.2 Å². The van der Waals surface area contributed by atoms with Crippen LogP contribution in [0.1, 0.15) is 6.42 Å². The zero-order valence-corrected chi connectivity index (χ0v) is 12.7. The van der Waals surface area contributed by atoms with Crippen LogP contribution in [0, 0.1) is 0 Å². The van der Waals surface area contributed by atoms with Crippen LogP contribution in [0.5, 0.6) is 0 Å². The van der Waals surface area contributed by atoms with Gasteiger partial charge in [-0.3, -0.25) is 4.79 Å². The number of amides is 1. The molecule has 0 aromatic carbocycles. The zero-order chi connectivity index (χ0) is 13.7. The molecule has 1 N–H and O–H groups in total. The summed E-state index contributed by atoms with van der Waals surface area (Å²) >= 11 is 3.36. The van der Waals surface area contributed by atoms with Crippen molar-refractivity contribution in [1.82, 2.24) is 14.8 Å². The van der Waals surface area contributed by atoms with Crippen LogP contribution >= 0.6 is 15.9 Å². The van der Waals surface area contributed by atoms with Gasteiger partial charge >= 0.3 is 0 Å². The Balaban J connectivity index is 1.73. The molecule has 1 saturated heterocycles. The first-order chi connectivity index (χ1) is 9.13. The molecule has 0 bridgehead atoms. The Morgan fingerprint density at radius 3 is 2.84 bits per heavy atom. The third kappa shape index (κ3) is 4.89. The number of anilines is 1. The molecule has 1 aliphatic rings. The minimum Gasteiger partial charge on any atom is -0.311 e. The van der Waals surface area contributed by atoms with Crippen molar-refractivity contribution in [3.63, 3.8) is 0 Å². The van der Waals surface area contributed by atoms with Crippen LogP contribution in [0.4, 0.5) is 5.82 Å². The van der Waals surface area contributed by atoms with Crippen molar-refractivity contribution in [3.05, 3.63) is 22.8 Å². The quantitative estimate of drug-likeness (QED) is 0.909. The first-order valence-corrected chi connectivity index (χ1v) is 7.25. The average molecular weight is 327 g/mol. The number of hydrogen-bond acceptors (Lipinski definition) is 4. The van der Waals surface area contributed by atoms with Gasteiger partial charge in [-0.25, -0.2) is 4.98 Å². The number of nitrogens with zero attached hydrogens (tertiary/aromatic N) is 3. The van der Waals surface area contributed by atoms with Gasteiger partial charge in [-0.1, -0.05) is 15.9 Å². The Bertz CT molecular complexity index is 432. The van der Waals surface area contributed by atoms with E-state index in [1.807, 2.05) is 6.07 Å². The molecule has 104 valence electrons. The van der Waals surface area contributed by atoms with Crippen molar-refractivity contribution in [2.75, 3.05) is 45.1 Å². The highest BCUT2D eigenvalue weighted by atomic mass is 79.9. The van der Waals surface area contributed by atoms with Crippen LogP contribution in [0.2, 0.25) is 0 Å². The van der Waals surface area contributed by atoms with Crippen LogP contribution in [-0.2, 0) is 4.79 Å². The standard InChI is InChI=1S/C13H19BrN4O/c1-17-6-8-18(9-7-17)5-3-13(19)16-12-10-11(14)2-4-15-12/h2,4,10H,3,5-9H2,1H3,(H,15,16,19). The minimum absolute atomic E-state index is 0.0181. The molecule has 0 spiro atoms. The maximum atomic E-state index is 11.8. The molecule has 2 rings (SSSR count). The predicted molar refractivity (Wildman–Crippen MR) is 79.1 cm³/mol. The van der Waals surface area contributed by atoms with E-state index in [1.54, 1.807) is 12.3 Å². The molecule has 0 radical (unpaired) electrons. The van der Waals surface area contributed by atoms with Gasteiger partial charge < -0.3 is 15.1 Å². The summed E-state index contributed by atoms with van der Waals surface area (Å²) in [5, 5.41) is 2.81. The van der Waals surface area contributed by atoms with Gasteiger partial charge in [-0.2, -0.15) is 0 Å². The molecular weight excluding hydrogens is 308 g/mol. The van der Waals surface area contributed by atoms with Gasteiger partial charge in [0.25, 0.3) is 0 Å². The summed E-state index contributed by atoms with van der Waals surface area (Å²) in [5.41, 5.74) is 0. The van der Waals surface area contributed by atoms with Gasteiger partial charge in [-0.15, -0.1) is 0 Å². The van der Waals surface area contributed by atoms with Crippen LogP contribution in [-0.4, -0.2) is 60.5 Å². The molecule has 6 heteroatoms. The predicted octanol–water partition coefficient (Wildman–Crippen LogP) is 1.42. The van der Waals surface area contributed by atoms with E-state index >= 15 is 0 Å². The number of nitrogens with one attached hydrogen (secondary N) is 1. The molecule has 19 heavy (non-hydrogen) atoms. The lowest BCUT2D eigenvalue weighted by Gasteiger charge is -2.32. The minimum atomic E-state index is 0.0181. The van der Waals surface area contributed by atoms with Gasteiger partial charge in [0.15, 0.2) is 0 Å². The van der Waals surface area contributed by atoms with Crippen molar-refractivity contribution in [2.45, 2.75) is 6.42 Å². The van der Waals surface area contributed by atoms with E-state index in [2.05, 4.69) is 43.1 Å². The lowest BCUT2D eigenvalue weighted by atomic mass is 10.3. The fourth-order valence-electron chi connectivity index (χ4n) is 2.01. The Labute approximate surface area is 122 Å². The maximum Gasteiger partial charge on any atom is 0.226 e. The lowest BCUT2D eigenvalue weighted by molar-refractivity contribution is -0.116. The number of carbonyl (C=O) groups excluding carboxylic acids is 1. The van der Waals surface area contributed by atoms with Gasteiger partial charge in [0, 0.05) is 49.8 Å². The first-order valence-electron chi connectivity index (χ1n) is 6.46. The van der Waals surface area contributed by atoms with Crippen molar-refractivity contribution < 1.29 is 4.79 Å². The van der Waals surface area contributed by atoms with E-state index in [4.69, 9.17) is 0 Å². The summed E-state index contributed by atoms with van der Waals surface area (Å²) < 4.78 is 0.914. The number of halogens is 1. The van der Waals surface area contributed by atoms with E-state index < -0.39 is 0 Å². The number of rotatable bonds is 4. The summed E-state index contributed by atoms with van der Waals surface area (Å²) in [6.45, 7) is 5.05. The Morgan fingerprint density at radius 1 is 1.42 bits per heavy atom. The Hall–Kier alpha value is -0.980.